The van der Waals surface area contributed by atoms with E-state index < -0.39 is 0 Å². The highest BCUT2D eigenvalue weighted by Gasteiger charge is 2.30. The number of hydrogen-bond donors (Lipinski definition) is 0. The molecule has 0 spiro atoms. The number of nitrogens with zero attached hydrogens (tertiary/aromatic N) is 2. The van der Waals surface area contributed by atoms with E-state index in [1.807, 2.05) is 67.6 Å². The molecule has 0 saturated heterocycles. The molecule has 1 aliphatic rings. The Morgan fingerprint density at radius 3 is 2.48 bits per heavy atom. The van der Waals surface area contributed by atoms with E-state index in [0.29, 0.717) is 29.8 Å². The second-order valence-electron chi connectivity index (χ2n) is 6.95. The first kappa shape index (κ1) is 17.0. The van der Waals surface area contributed by atoms with Crippen molar-refractivity contribution in [3.8, 4) is 11.8 Å². The van der Waals surface area contributed by atoms with Crippen LogP contribution in [0.2, 0.25) is 0 Å². The average molecular weight is 354 g/mol. The van der Waals surface area contributed by atoms with Crippen LogP contribution in [-0.4, -0.2) is 10.4 Å². The summed E-state index contributed by atoms with van der Waals surface area (Å²) in [6.45, 7) is 1.95. The van der Waals surface area contributed by atoms with Gasteiger partial charge in [0.15, 0.2) is 5.78 Å². The standard InChI is InChI=1S/C23H18N2O2/c1-15-6-5-9-19(10-15)25-21-12-17(16-7-3-2-4-8-16)13-22(26)20(21)11-18(14-24)23(25)27/h2-11,17H,12-13H2,1H3/t17-/m0/s1. The molecule has 4 heteroatoms. The lowest BCUT2D eigenvalue weighted by molar-refractivity contribution is 0.0962. The van der Waals surface area contributed by atoms with Crippen molar-refractivity contribution in [2.45, 2.75) is 25.7 Å². The molecule has 0 saturated carbocycles. The number of carbonyl (C=O) groups is 1. The van der Waals surface area contributed by atoms with Crippen LogP contribution in [0.5, 0.6) is 0 Å². The lowest BCUT2D eigenvalue weighted by Crippen LogP contribution is -2.31. The molecule has 0 radical (unpaired) electrons. The molecule has 0 unspecified atom stereocenters. The van der Waals surface area contributed by atoms with Gasteiger partial charge in [-0.2, -0.15) is 5.26 Å². The molecule has 0 aliphatic heterocycles. The number of hydrogen-bond acceptors (Lipinski definition) is 3. The second-order valence-corrected chi connectivity index (χ2v) is 6.95. The maximum absolute atomic E-state index is 13.0. The number of benzene rings is 2. The van der Waals surface area contributed by atoms with Crippen LogP contribution in [0.15, 0.2) is 65.5 Å². The predicted octanol–water partition coefficient (Wildman–Crippen LogP) is 3.93. The van der Waals surface area contributed by atoms with Crippen molar-refractivity contribution >= 4 is 5.78 Å². The fraction of sp³-hybridized carbons (Fsp3) is 0.174. The van der Waals surface area contributed by atoms with Crippen LogP contribution in [-0.2, 0) is 6.42 Å². The van der Waals surface area contributed by atoms with E-state index in [9.17, 15) is 14.9 Å². The number of nitriles is 1. The number of ketones is 1. The topological polar surface area (TPSA) is 62.9 Å². The zero-order chi connectivity index (χ0) is 19.0. The van der Waals surface area contributed by atoms with Crippen molar-refractivity contribution in [2.75, 3.05) is 0 Å². The monoisotopic (exact) mass is 354 g/mol. The molecule has 1 heterocycles. The van der Waals surface area contributed by atoms with E-state index in [1.54, 1.807) is 4.57 Å². The van der Waals surface area contributed by atoms with E-state index in [1.165, 1.54) is 6.07 Å². The van der Waals surface area contributed by atoms with Gasteiger partial charge in [-0.15, -0.1) is 0 Å². The van der Waals surface area contributed by atoms with Crippen LogP contribution < -0.4 is 5.56 Å². The van der Waals surface area contributed by atoms with Gasteiger partial charge in [0.1, 0.15) is 11.6 Å². The summed E-state index contributed by atoms with van der Waals surface area (Å²) in [7, 11) is 0. The average Bonchev–Trinajstić information content (AvgIpc) is 2.68. The third kappa shape index (κ3) is 2.98. The molecule has 132 valence electrons. The van der Waals surface area contributed by atoms with Crippen molar-refractivity contribution in [2.24, 2.45) is 0 Å². The van der Waals surface area contributed by atoms with Crippen LogP contribution >= 0.6 is 0 Å². The number of pyridine rings is 1. The smallest absolute Gasteiger partial charge is 0.273 e. The Bertz CT molecular complexity index is 1140. The van der Waals surface area contributed by atoms with Gasteiger partial charge in [-0.05, 0) is 48.6 Å². The molecular formula is C23H18N2O2. The summed E-state index contributed by atoms with van der Waals surface area (Å²) in [5, 5.41) is 9.39. The zero-order valence-electron chi connectivity index (χ0n) is 15.0. The summed E-state index contributed by atoms with van der Waals surface area (Å²) < 4.78 is 1.55. The van der Waals surface area contributed by atoms with Crippen molar-refractivity contribution in [1.82, 2.24) is 4.57 Å². The molecule has 1 aromatic heterocycles. The summed E-state index contributed by atoms with van der Waals surface area (Å²) in [6.07, 6.45) is 0.966. The van der Waals surface area contributed by atoms with Crippen LogP contribution in [0.1, 0.15) is 45.1 Å². The molecule has 0 N–H and O–H groups in total. The molecule has 27 heavy (non-hydrogen) atoms. The predicted molar refractivity (Wildman–Crippen MR) is 103 cm³/mol. The van der Waals surface area contributed by atoms with Gasteiger partial charge < -0.3 is 0 Å². The Morgan fingerprint density at radius 2 is 1.78 bits per heavy atom. The largest absolute Gasteiger partial charge is 0.294 e. The molecule has 0 bridgehead atoms. The summed E-state index contributed by atoms with van der Waals surface area (Å²) >= 11 is 0. The summed E-state index contributed by atoms with van der Waals surface area (Å²) in [6, 6.07) is 20.9. The zero-order valence-corrected chi connectivity index (χ0v) is 15.0. The first-order chi connectivity index (χ1) is 13.1. The minimum atomic E-state index is -0.372. The maximum Gasteiger partial charge on any atom is 0.273 e. The van der Waals surface area contributed by atoms with Crippen molar-refractivity contribution < 1.29 is 4.79 Å². The minimum absolute atomic E-state index is 0.00164. The number of carbonyl (C=O) groups excluding carboxylic acids is 1. The molecule has 2 aromatic carbocycles. The molecule has 3 aromatic rings. The number of aryl methyl sites for hydroxylation is 1. The molecule has 1 atom stereocenters. The van der Waals surface area contributed by atoms with Gasteiger partial charge in [0.05, 0.1) is 0 Å². The highest BCUT2D eigenvalue weighted by molar-refractivity contribution is 5.99. The lowest BCUT2D eigenvalue weighted by atomic mass is 9.81. The molecule has 4 rings (SSSR count). The van der Waals surface area contributed by atoms with E-state index >= 15 is 0 Å². The highest BCUT2D eigenvalue weighted by atomic mass is 16.1. The summed E-state index contributed by atoms with van der Waals surface area (Å²) in [5.41, 5.74) is 3.59. The summed E-state index contributed by atoms with van der Waals surface area (Å²) in [5.74, 6) is -0.00222. The molecule has 0 fully saturated rings. The first-order valence-electron chi connectivity index (χ1n) is 8.92. The number of rotatable bonds is 2. The SMILES string of the molecule is Cc1cccc(-n2c3c(cc(C#N)c2=O)C(=O)C[C@@H](c2ccccc2)C3)c1. The van der Waals surface area contributed by atoms with Gasteiger partial charge in [0.2, 0.25) is 0 Å². The van der Waals surface area contributed by atoms with Gasteiger partial charge in [-0.3, -0.25) is 14.2 Å². The fourth-order valence-corrected chi connectivity index (χ4v) is 3.82. The van der Waals surface area contributed by atoms with E-state index in [4.69, 9.17) is 0 Å². The van der Waals surface area contributed by atoms with Crippen molar-refractivity contribution in [3.05, 3.63) is 99.0 Å². The lowest BCUT2D eigenvalue weighted by Gasteiger charge is -2.27. The van der Waals surface area contributed by atoms with Crippen molar-refractivity contribution in [1.29, 1.82) is 5.26 Å². The van der Waals surface area contributed by atoms with E-state index in [-0.39, 0.29) is 22.8 Å². The normalized spacial score (nSPS) is 15.9. The molecular weight excluding hydrogens is 336 g/mol. The van der Waals surface area contributed by atoms with E-state index in [2.05, 4.69) is 0 Å². The third-order valence-electron chi connectivity index (χ3n) is 5.13. The Morgan fingerprint density at radius 1 is 1.00 bits per heavy atom. The van der Waals surface area contributed by atoms with Gasteiger partial charge >= 0.3 is 0 Å². The Balaban J connectivity index is 1.95. The van der Waals surface area contributed by atoms with Crippen LogP contribution in [0.25, 0.3) is 5.69 Å². The van der Waals surface area contributed by atoms with Gasteiger partial charge in [0.25, 0.3) is 5.56 Å². The molecule has 0 amide bonds. The Kier molecular flexibility index (Phi) is 4.21. The first-order valence-corrected chi connectivity index (χ1v) is 8.92. The Labute approximate surface area is 157 Å². The minimum Gasteiger partial charge on any atom is -0.294 e. The quantitative estimate of drug-likeness (QED) is 0.700. The molecule has 4 nitrogen and oxygen atoms in total. The molecule has 1 aliphatic carbocycles. The fourth-order valence-electron chi connectivity index (χ4n) is 3.82. The van der Waals surface area contributed by atoms with Crippen LogP contribution in [0.4, 0.5) is 0 Å². The van der Waals surface area contributed by atoms with Crippen LogP contribution in [0.3, 0.4) is 0 Å². The third-order valence-corrected chi connectivity index (χ3v) is 5.13. The number of fused-ring (bicyclic) bond motifs is 1. The van der Waals surface area contributed by atoms with Gasteiger partial charge in [0, 0.05) is 23.4 Å². The Hall–Kier alpha value is -3.45. The number of Topliss-reactive ketones (excluding diaryl/α,β-unsaturated/α-hetero) is 1. The second kappa shape index (κ2) is 6.69. The maximum atomic E-state index is 13.0. The van der Waals surface area contributed by atoms with Crippen molar-refractivity contribution in [3.63, 3.8) is 0 Å². The van der Waals surface area contributed by atoms with Gasteiger partial charge in [-0.25, -0.2) is 0 Å². The van der Waals surface area contributed by atoms with Gasteiger partial charge in [-0.1, -0.05) is 42.5 Å². The van der Waals surface area contributed by atoms with E-state index in [0.717, 1.165) is 11.1 Å². The highest BCUT2D eigenvalue weighted by Crippen LogP contribution is 2.33. The van der Waals surface area contributed by atoms with Crippen LogP contribution in [0, 0.1) is 18.3 Å². The summed E-state index contributed by atoms with van der Waals surface area (Å²) in [4.78, 5) is 25.8. The number of aromatic nitrogens is 1.